The predicted molar refractivity (Wildman–Crippen MR) is 67.6 cm³/mol. The number of anilines is 1. The van der Waals surface area contributed by atoms with Crippen molar-refractivity contribution in [2.45, 2.75) is 32.3 Å². The number of ether oxygens (including phenoxy) is 1. The maximum Gasteiger partial charge on any atom is 1.00 e. The second-order valence-electron chi connectivity index (χ2n) is 4.61. The third-order valence-corrected chi connectivity index (χ3v) is 3.05. The van der Waals surface area contributed by atoms with E-state index in [1.807, 2.05) is 24.3 Å². The monoisotopic (exact) mass is 271 g/mol. The van der Waals surface area contributed by atoms with E-state index in [4.69, 9.17) is 4.74 Å². The van der Waals surface area contributed by atoms with Gasteiger partial charge < -0.3 is 14.7 Å². The van der Waals surface area contributed by atoms with E-state index in [0.29, 0.717) is 13.0 Å². The van der Waals surface area contributed by atoms with Crippen molar-refractivity contribution in [3.05, 3.63) is 24.3 Å². The normalized spacial score (nSPS) is 15.3. The maximum absolute atomic E-state index is 11.8. The Morgan fingerprint density at radius 1 is 1.37 bits per heavy atom. The van der Waals surface area contributed by atoms with Crippen LogP contribution in [0.5, 0.6) is 5.75 Å². The van der Waals surface area contributed by atoms with Gasteiger partial charge in [0.05, 0.1) is 5.69 Å². The van der Waals surface area contributed by atoms with E-state index < -0.39 is 6.10 Å². The number of hydrogen-bond donors (Lipinski definition) is 0. The Morgan fingerprint density at radius 2 is 2.11 bits per heavy atom. The van der Waals surface area contributed by atoms with E-state index in [1.165, 1.54) is 0 Å². The van der Waals surface area contributed by atoms with E-state index in [2.05, 4.69) is 0 Å². The average Bonchev–Trinajstić information content (AvgIpc) is 2.36. The Bertz CT molecular complexity index is 423. The molecule has 1 heterocycles. The molecule has 1 aliphatic rings. The molecule has 0 unspecified atom stereocenters. The van der Waals surface area contributed by atoms with Gasteiger partial charge in [-0.25, -0.2) is 0 Å². The molecule has 19 heavy (non-hydrogen) atoms. The van der Waals surface area contributed by atoms with Crippen molar-refractivity contribution in [1.82, 2.24) is 0 Å². The minimum atomic E-state index is -0.516. The number of unbranched alkanes of at least 4 members (excludes halogenated alkanes) is 1. The first-order chi connectivity index (χ1) is 8.68. The molecule has 1 aromatic rings. The van der Waals surface area contributed by atoms with Crippen molar-refractivity contribution in [2.75, 3.05) is 18.1 Å². The molecule has 2 rings (SSSR count). The molecule has 0 aromatic heterocycles. The molecule has 1 aromatic carbocycles. The van der Waals surface area contributed by atoms with E-state index >= 15 is 0 Å². The third-order valence-electron chi connectivity index (χ3n) is 3.05. The summed E-state index contributed by atoms with van der Waals surface area (Å²) in [5, 5.41) is 10.9. The fourth-order valence-corrected chi connectivity index (χ4v) is 2.10. The molecule has 0 aliphatic carbocycles. The van der Waals surface area contributed by atoms with Gasteiger partial charge in [-0.3, -0.25) is 4.79 Å². The molecule has 0 fully saturated rings. The van der Waals surface area contributed by atoms with Crippen LogP contribution in [0.3, 0.4) is 0 Å². The van der Waals surface area contributed by atoms with Crippen LogP contribution in [0.25, 0.3) is 0 Å². The number of carbonyl (C=O) groups is 1. The van der Waals surface area contributed by atoms with Crippen molar-refractivity contribution in [3.8, 4) is 5.75 Å². The summed E-state index contributed by atoms with van der Waals surface area (Å²) in [5.74, 6) is 0.748. The largest absolute Gasteiger partial charge is 1.00 e. The van der Waals surface area contributed by atoms with Gasteiger partial charge in [-0.05, 0) is 18.6 Å². The van der Waals surface area contributed by atoms with Gasteiger partial charge in [0.2, 0.25) is 0 Å². The number of para-hydroxylation sites is 2. The van der Waals surface area contributed by atoms with Crippen LogP contribution >= 0.6 is 0 Å². The van der Waals surface area contributed by atoms with Gasteiger partial charge >= 0.3 is 29.6 Å². The maximum atomic E-state index is 11.8. The second kappa shape index (κ2) is 7.90. The minimum Gasteiger partial charge on any atom is -0.852 e. The first-order valence-electron chi connectivity index (χ1n) is 6.36. The van der Waals surface area contributed by atoms with Crippen molar-refractivity contribution < 1.29 is 44.2 Å². The number of benzene rings is 1. The summed E-state index contributed by atoms with van der Waals surface area (Å²) in [6, 6.07) is 7.55. The van der Waals surface area contributed by atoms with Gasteiger partial charge in [0.25, 0.3) is 5.91 Å². The van der Waals surface area contributed by atoms with Gasteiger partial charge in [-0.2, -0.15) is 0 Å². The third kappa shape index (κ3) is 4.49. The molecule has 0 saturated carbocycles. The van der Waals surface area contributed by atoms with E-state index in [-0.39, 0.29) is 42.1 Å². The number of hydrogen-bond acceptors (Lipinski definition) is 3. The second-order valence-corrected chi connectivity index (χ2v) is 4.61. The molecule has 5 heteroatoms. The van der Waals surface area contributed by atoms with Crippen molar-refractivity contribution in [2.24, 2.45) is 0 Å². The fraction of sp³-hybridized carbons (Fsp3) is 0.500. The summed E-state index contributed by atoms with van der Waals surface area (Å²) in [6.45, 7) is 2.44. The summed E-state index contributed by atoms with van der Waals surface area (Å²) >= 11 is 0. The van der Waals surface area contributed by atoms with Crippen LogP contribution in [0.2, 0.25) is 0 Å². The van der Waals surface area contributed by atoms with Crippen LogP contribution in [0.4, 0.5) is 5.69 Å². The molecule has 98 valence electrons. The first kappa shape index (κ1) is 16.5. The molecule has 0 saturated heterocycles. The van der Waals surface area contributed by atoms with Crippen LogP contribution in [-0.2, 0) is 4.79 Å². The number of rotatable bonds is 5. The van der Waals surface area contributed by atoms with Crippen LogP contribution in [0, 0.1) is 0 Å². The quantitative estimate of drug-likeness (QED) is 0.475. The van der Waals surface area contributed by atoms with Gasteiger partial charge in [-0.15, -0.1) is 6.10 Å². The molecule has 0 spiro atoms. The summed E-state index contributed by atoms with van der Waals surface area (Å²) < 4.78 is 5.37. The summed E-state index contributed by atoms with van der Waals surface area (Å²) in [6.07, 6.45) is 1.86. The summed E-state index contributed by atoms with van der Waals surface area (Å²) in [4.78, 5) is 13.6. The van der Waals surface area contributed by atoms with E-state index in [9.17, 15) is 9.90 Å². The zero-order valence-corrected chi connectivity index (χ0v) is 13.6. The smallest absolute Gasteiger partial charge is 0.852 e. The Balaban J connectivity index is 0.00000180. The number of carbonyl (C=O) groups excluding carboxylic acids is 1. The Labute approximate surface area is 136 Å². The van der Waals surface area contributed by atoms with Gasteiger partial charge in [0.15, 0.2) is 6.61 Å². The average molecular weight is 271 g/mol. The zero-order chi connectivity index (χ0) is 13.0. The Hall–Kier alpha value is -0.550. The molecular formula is C14H18NNaO3. The number of fused-ring (bicyclic) bond motifs is 1. The topological polar surface area (TPSA) is 52.6 Å². The summed E-state index contributed by atoms with van der Waals surface area (Å²) in [5.41, 5.74) is 0.837. The Morgan fingerprint density at radius 3 is 2.84 bits per heavy atom. The predicted octanol–water partition coefficient (Wildman–Crippen LogP) is -1.66. The van der Waals surface area contributed by atoms with Gasteiger partial charge in [0, 0.05) is 6.54 Å². The SMILES string of the molecule is C[C@@H]([O-])CCCCN1C(=O)COc2ccccc21.[Na+]. The molecular weight excluding hydrogens is 253 g/mol. The number of amides is 1. The fourth-order valence-electron chi connectivity index (χ4n) is 2.10. The van der Waals surface area contributed by atoms with Crippen LogP contribution in [0.15, 0.2) is 24.3 Å². The molecule has 4 nitrogen and oxygen atoms in total. The van der Waals surface area contributed by atoms with E-state index in [0.717, 1.165) is 24.3 Å². The minimum absolute atomic E-state index is 0. The van der Waals surface area contributed by atoms with Gasteiger partial charge in [0.1, 0.15) is 5.75 Å². The van der Waals surface area contributed by atoms with Crippen LogP contribution in [-0.4, -0.2) is 25.2 Å². The molecule has 0 radical (unpaired) electrons. The summed E-state index contributed by atoms with van der Waals surface area (Å²) in [7, 11) is 0. The van der Waals surface area contributed by atoms with E-state index in [1.54, 1.807) is 11.8 Å². The standard InChI is InChI=1S/C14H18NO3.Na/c1-11(16)6-4-5-9-15-12-7-2-3-8-13(12)18-10-14(15)17;/h2-3,7-8,11H,4-6,9-10H2,1H3;/q-1;+1/t11-;/m1./s1. The Kier molecular flexibility index (Phi) is 6.86. The van der Waals surface area contributed by atoms with Crippen molar-refractivity contribution in [1.29, 1.82) is 0 Å². The van der Waals surface area contributed by atoms with Crippen molar-refractivity contribution >= 4 is 11.6 Å². The molecule has 1 amide bonds. The van der Waals surface area contributed by atoms with Crippen LogP contribution in [0.1, 0.15) is 26.2 Å². The van der Waals surface area contributed by atoms with Gasteiger partial charge in [-0.1, -0.05) is 31.9 Å². The number of nitrogens with zero attached hydrogens (tertiary/aromatic N) is 1. The molecule has 1 atom stereocenters. The molecule has 0 bridgehead atoms. The zero-order valence-electron chi connectivity index (χ0n) is 11.6. The molecule has 1 aliphatic heterocycles. The first-order valence-corrected chi connectivity index (χ1v) is 6.36. The molecule has 0 N–H and O–H groups in total. The van der Waals surface area contributed by atoms with Crippen LogP contribution < -0.4 is 44.3 Å². The van der Waals surface area contributed by atoms with Crippen molar-refractivity contribution in [3.63, 3.8) is 0 Å².